The Balaban J connectivity index is 1.63. The Kier molecular flexibility index (Phi) is 6.12. The van der Waals surface area contributed by atoms with Gasteiger partial charge in [0.2, 0.25) is 0 Å². The van der Waals surface area contributed by atoms with Gasteiger partial charge in [-0.3, -0.25) is 19.0 Å². The molecule has 3 aromatic carbocycles. The van der Waals surface area contributed by atoms with E-state index in [9.17, 15) is 18.0 Å². The number of aromatic nitrogens is 2. The lowest BCUT2D eigenvalue weighted by Crippen LogP contribution is -2.23. The van der Waals surface area contributed by atoms with Crippen molar-refractivity contribution in [2.24, 2.45) is 7.05 Å². The molecular weight excluding hydrogens is 452 g/mol. The molecule has 0 aliphatic rings. The van der Waals surface area contributed by atoms with Crippen LogP contribution in [0.4, 0.5) is 11.4 Å². The van der Waals surface area contributed by atoms with Gasteiger partial charge in [0.25, 0.3) is 21.5 Å². The molecule has 1 amide bonds. The predicted octanol–water partition coefficient (Wildman–Crippen LogP) is 3.85. The van der Waals surface area contributed by atoms with Gasteiger partial charge in [-0.05, 0) is 56.3 Å². The summed E-state index contributed by atoms with van der Waals surface area (Å²) in [6, 6.07) is 21.9. The minimum atomic E-state index is -4.14. The number of nitrogens with one attached hydrogen (secondary N) is 2. The van der Waals surface area contributed by atoms with E-state index in [0.717, 1.165) is 5.56 Å². The zero-order chi connectivity index (χ0) is 24.5. The van der Waals surface area contributed by atoms with Crippen molar-refractivity contribution < 1.29 is 13.2 Å². The molecule has 34 heavy (non-hydrogen) atoms. The summed E-state index contributed by atoms with van der Waals surface area (Å²) in [5.41, 5.74) is 2.34. The van der Waals surface area contributed by atoms with Crippen molar-refractivity contribution in [1.29, 1.82) is 0 Å². The number of amides is 1. The number of nitrogens with zero attached hydrogens (tertiary/aromatic N) is 2. The number of benzene rings is 3. The highest BCUT2D eigenvalue weighted by Crippen LogP contribution is 2.20. The minimum absolute atomic E-state index is 0.0548. The van der Waals surface area contributed by atoms with E-state index >= 15 is 0 Å². The van der Waals surface area contributed by atoms with Crippen LogP contribution in [0.15, 0.2) is 88.6 Å². The summed E-state index contributed by atoms with van der Waals surface area (Å²) < 4.78 is 31.6. The number of hydrogen-bond donors (Lipinski definition) is 2. The van der Waals surface area contributed by atoms with Crippen LogP contribution in [0.3, 0.4) is 0 Å². The summed E-state index contributed by atoms with van der Waals surface area (Å²) in [5, 5.41) is 2.75. The lowest BCUT2D eigenvalue weighted by molar-refractivity contribution is 0.102. The third-order valence-corrected chi connectivity index (χ3v) is 6.85. The molecule has 0 bridgehead atoms. The molecule has 0 aliphatic heterocycles. The smallest absolute Gasteiger partial charge is 0.296 e. The van der Waals surface area contributed by atoms with Gasteiger partial charge < -0.3 is 5.32 Å². The lowest BCUT2D eigenvalue weighted by Gasteiger charge is -2.09. The molecule has 1 heterocycles. The third-order valence-electron chi connectivity index (χ3n) is 5.51. The fourth-order valence-electron chi connectivity index (χ4n) is 3.52. The van der Waals surface area contributed by atoms with Crippen LogP contribution in [0.25, 0.3) is 5.69 Å². The van der Waals surface area contributed by atoms with Crippen molar-refractivity contribution in [1.82, 2.24) is 9.36 Å². The highest BCUT2D eigenvalue weighted by atomic mass is 32.2. The zero-order valence-corrected chi connectivity index (χ0v) is 19.8. The Morgan fingerprint density at radius 1 is 0.882 bits per heavy atom. The van der Waals surface area contributed by atoms with Crippen LogP contribution in [-0.2, 0) is 17.1 Å². The van der Waals surface area contributed by atoms with E-state index in [1.165, 1.54) is 28.9 Å². The zero-order valence-electron chi connectivity index (χ0n) is 18.9. The quantitative estimate of drug-likeness (QED) is 0.441. The topological polar surface area (TPSA) is 102 Å². The van der Waals surface area contributed by atoms with Crippen molar-refractivity contribution in [2.45, 2.75) is 18.7 Å². The molecule has 0 radical (unpaired) electrons. The summed E-state index contributed by atoms with van der Waals surface area (Å²) in [5.74, 6) is -0.441. The van der Waals surface area contributed by atoms with Crippen LogP contribution in [0.1, 0.15) is 21.6 Å². The van der Waals surface area contributed by atoms with Crippen molar-refractivity contribution in [3.05, 3.63) is 106 Å². The Bertz CT molecular complexity index is 1520. The van der Waals surface area contributed by atoms with Crippen LogP contribution >= 0.6 is 0 Å². The van der Waals surface area contributed by atoms with Gasteiger partial charge in [-0.2, -0.15) is 0 Å². The molecule has 174 valence electrons. The van der Waals surface area contributed by atoms with E-state index in [2.05, 4.69) is 10.0 Å². The number of carbonyl (C=O) groups excluding carboxylic acids is 1. The first-order valence-corrected chi connectivity index (χ1v) is 12.0. The molecule has 0 spiro atoms. The van der Waals surface area contributed by atoms with E-state index in [1.54, 1.807) is 55.1 Å². The molecular formula is C25H24N4O4S. The predicted molar refractivity (Wildman–Crippen MR) is 132 cm³/mol. The molecule has 8 nitrogen and oxygen atoms in total. The first kappa shape index (κ1) is 23.1. The number of para-hydroxylation sites is 1. The van der Waals surface area contributed by atoms with Crippen LogP contribution in [0.2, 0.25) is 0 Å². The summed E-state index contributed by atoms with van der Waals surface area (Å²) in [7, 11) is -2.46. The molecule has 2 N–H and O–H groups in total. The van der Waals surface area contributed by atoms with E-state index in [-0.39, 0.29) is 16.1 Å². The van der Waals surface area contributed by atoms with Crippen molar-refractivity contribution in [3.8, 4) is 5.69 Å². The van der Waals surface area contributed by atoms with Gasteiger partial charge in [0.05, 0.1) is 16.3 Å². The average Bonchev–Trinajstić information content (AvgIpc) is 3.04. The molecule has 1 aromatic heterocycles. The maximum Gasteiger partial charge on any atom is 0.296 e. The molecule has 0 unspecified atom stereocenters. The molecule has 0 aliphatic carbocycles. The third kappa shape index (κ3) is 4.51. The van der Waals surface area contributed by atoms with Gasteiger partial charge in [-0.1, -0.05) is 42.0 Å². The number of carbonyl (C=O) groups is 1. The van der Waals surface area contributed by atoms with Crippen molar-refractivity contribution in [3.63, 3.8) is 0 Å². The van der Waals surface area contributed by atoms with E-state index in [1.807, 2.05) is 25.1 Å². The fraction of sp³-hybridized carbons (Fsp3) is 0.120. The number of aryl methyl sites for hydroxylation is 1. The first-order chi connectivity index (χ1) is 16.2. The minimum Gasteiger partial charge on any atom is -0.322 e. The fourth-order valence-corrected chi connectivity index (χ4v) is 4.69. The molecule has 0 atom stereocenters. The van der Waals surface area contributed by atoms with Crippen LogP contribution < -0.4 is 15.6 Å². The van der Waals surface area contributed by atoms with Gasteiger partial charge in [0.1, 0.15) is 5.69 Å². The summed E-state index contributed by atoms with van der Waals surface area (Å²) in [6.07, 6.45) is 0. The SMILES string of the molecule is Cc1ccc(NC(=O)c2cccc(S(=O)(=O)Nc3c(C)n(C)n(-c4ccccc4)c3=O)c2)cc1. The highest BCUT2D eigenvalue weighted by molar-refractivity contribution is 7.92. The Labute approximate surface area is 197 Å². The van der Waals surface area contributed by atoms with Crippen LogP contribution in [-0.4, -0.2) is 23.7 Å². The lowest BCUT2D eigenvalue weighted by atomic mass is 10.2. The van der Waals surface area contributed by atoms with E-state index in [0.29, 0.717) is 17.1 Å². The molecule has 0 saturated carbocycles. The van der Waals surface area contributed by atoms with Crippen LogP contribution in [0, 0.1) is 13.8 Å². The molecule has 0 fully saturated rings. The first-order valence-electron chi connectivity index (χ1n) is 10.5. The maximum absolute atomic E-state index is 13.1. The van der Waals surface area contributed by atoms with Crippen LogP contribution in [0.5, 0.6) is 0 Å². The second-order valence-electron chi connectivity index (χ2n) is 7.89. The molecule has 9 heteroatoms. The molecule has 0 saturated heterocycles. The summed E-state index contributed by atoms with van der Waals surface area (Å²) >= 11 is 0. The molecule has 4 rings (SSSR count). The van der Waals surface area contributed by atoms with E-state index in [4.69, 9.17) is 0 Å². The van der Waals surface area contributed by atoms with Gasteiger partial charge >= 0.3 is 0 Å². The largest absolute Gasteiger partial charge is 0.322 e. The average molecular weight is 477 g/mol. The Morgan fingerprint density at radius 3 is 2.24 bits per heavy atom. The normalized spacial score (nSPS) is 11.3. The number of hydrogen-bond acceptors (Lipinski definition) is 4. The van der Waals surface area contributed by atoms with Crippen molar-refractivity contribution in [2.75, 3.05) is 10.0 Å². The van der Waals surface area contributed by atoms with E-state index < -0.39 is 21.5 Å². The number of anilines is 2. The van der Waals surface area contributed by atoms with Gasteiger partial charge in [0.15, 0.2) is 0 Å². The Morgan fingerprint density at radius 2 is 1.56 bits per heavy atom. The van der Waals surface area contributed by atoms with Crippen molar-refractivity contribution >= 4 is 27.3 Å². The summed E-state index contributed by atoms with van der Waals surface area (Å²) in [6.45, 7) is 3.60. The maximum atomic E-state index is 13.1. The standard InChI is InChI=1S/C25H24N4O4S/c1-17-12-14-20(15-13-17)26-24(30)19-8-7-11-22(16-19)34(32,33)27-23-18(2)28(3)29(25(23)31)21-9-5-4-6-10-21/h4-16,27H,1-3H3,(H,26,30). The second-order valence-corrected chi connectivity index (χ2v) is 9.57. The van der Waals surface area contributed by atoms with Gasteiger partial charge in [-0.25, -0.2) is 13.1 Å². The second kappa shape index (κ2) is 9.03. The Hall–Kier alpha value is -4.11. The summed E-state index contributed by atoms with van der Waals surface area (Å²) in [4.78, 5) is 25.6. The monoisotopic (exact) mass is 476 g/mol. The number of sulfonamides is 1. The highest BCUT2D eigenvalue weighted by Gasteiger charge is 2.23. The van der Waals surface area contributed by atoms with Gasteiger partial charge in [0, 0.05) is 18.3 Å². The van der Waals surface area contributed by atoms with Gasteiger partial charge in [-0.15, -0.1) is 0 Å². The molecule has 4 aromatic rings. The number of rotatable bonds is 6.